The molecule has 0 aliphatic carbocycles. The Kier molecular flexibility index (Phi) is 6.32. The summed E-state index contributed by atoms with van der Waals surface area (Å²) >= 11 is 3.21. The molecule has 0 aliphatic heterocycles. The fourth-order valence-corrected chi connectivity index (χ4v) is 0.895. The van der Waals surface area contributed by atoms with Crippen molar-refractivity contribution in [3.63, 3.8) is 0 Å². The number of alkyl halides is 1. The molecule has 0 bridgehead atoms. The number of carbonyl (C=O) groups is 1. The van der Waals surface area contributed by atoms with E-state index in [4.69, 9.17) is 0 Å². The molecule has 0 radical (unpaired) electrons. The standard InChI is InChI=1S/C7H7BrN2O.C2H6/c1-5(11)6-3-9-7(2-8)10-4-6;1-2/h3-4H,2H2,1H3;1-2H3. The van der Waals surface area contributed by atoms with Gasteiger partial charge in [-0.05, 0) is 6.92 Å². The highest BCUT2D eigenvalue weighted by atomic mass is 79.9. The van der Waals surface area contributed by atoms with E-state index in [9.17, 15) is 4.79 Å². The van der Waals surface area contributed by atoms with Gasteiger partial charge in [0, 0.05) is 12.4 Å². The minimum absolute atomic E-state index is 0.00822. The maximum absolute atomic E-state index is 10.8. The highest BCUT2D eigenvalue weighted by Crippen LogP contribution is 2.00. The van der Waals surface area contributed by atoms with Crippen LogP contribution in [-0.2, 0) is 5.33 Å². The lowest BCUT2D eigenvalue weighted by Crippen LogP contribution is -1.97. The largest absolute Gasteiger partial charge is 0.294 e. The van der Waals surface area contributed by atoms with Crippen molar-refractivity contribution in [2.45, 2.75) is 26.1 Å². The molecule has 1 rings (SSSR count). The van der Waals surface area contributed by atoms with E-state index in [1.807, 2.05) is 13.8 Å². The molecular formula is C9H13BrN2O. The molecule has 3 nitrogen and oxygen atoms in total. The molecule has 0 aromatic carbocycles. The number of nitrogens with zero attached hydrogens (tertiary/aromatic N) is 2. The second-order valence-electron chi connectivity index (χ2n) is 2.08. The Balaban J connectivity index is 0.000000671. The van der Waals surface area contributed by atoms with Gasteiger partial charge in [-0.3, -0.25) is 4.79 Å². The van der Waals surface area contributed by atoms with Crippen molar-refractivity contribution < 1.29 is 4.79 Å². The predicted octanol–water partition coefficient (Wildman–Crippen LogP) is 2.60. The molecule has 0 atom stereocenters. The molecule has 0 aliphatic rings. The first-order valence-corrected chi connectivity index (χ1v) is 5.24. The maximum atomic E-state index is 10.8. The van der Waals surface area contributed by atoms with Gasteiger partial charge < -0.3 is 0 Å². The number of ketones is 1. The molecule has 0 amide bonds. The summed E-state index contributed by atoms with van der Waals surface area (Å²) in [5.74, 6) is 0.682. The number of hydrogen-bond acceptors (Lipinski definition) is 3. The van der Waals surface area contributed by atoms with Gasteiger partial charge in [-0.15, -0.1) is 0 Å². The van der Waals surface area contributed by atoms with Gasteiger partial charge in [-0.1, -0.05) is 29.8 Å². The quantitative estimate of drug-likeness (QED) is 0.594. The van der Waals surface area contributed by atoms with E-state index in [0.29, 0.717) is 16.7 Å². The highest BCUT2D eigenvalue weighted by Gasteiger charge is 1.99. The molecule has 1 aromatic rings. The molecular weight excluding hydrogens is 232 g/mol. The first-order chi connectivity index (χ1) is 6.24. The Morgan fingerprint density at radius 1 is 1.38 bits per heavy atom. The zero-order valence-electron chi connectivity index (χ0n) is 8.04. The summed E-state index contributed by atoms with van der Waals surface area (Å²) in [5.41, 5.74) is 0.551. The minimum atomic E-state index is -0.00822. The Morgan fingerprint density at radius 2 is 1.85 bits per heavy atom. The van der Waals surface area contributed by atoms with Crippen molar-refractivity contribution in [2.75, 3.05) is 0 Å². The van der Waals surface area contributed by atoms with Crippen LogP contribution in [0.3, 0.4) is 0 Å². The lowest BCUT2D eigenvalue weighted by molar-refractivity contribution is 0.101. The Hall–Kier alpha value is -0.770. The van der Waals surface area contributed by atoms with Crippen molar-refractivity contribution in [3.05, 3.63) is 23.8 Å². The van der Waals surface area contributed by atoms with E-state index in [2.05, 4.69) is 25.9 Å². The predicted molar refractivity (Wildman–Crippen MR) is 56.0 cm³/mol. The molecule has 72 valence electrons. The average molecular weight is 245 g/mol. The first-order valence-electron chi connectivity index (χ1n) is 4.12. The van der Waals surface area contributed by atoms with Crippen LogP contribution in [0.25, 0.3) is 0 Å². The van der Waals surface area contributed by atoms with Crippen LogP contribution in [0.1, 0.15) is 37.0 Å². The maximum Gasteiger partial charge on any atom is 0.162 e. The van der Waals surface area contributed by atoms with Crippen molar-refractivity contribution in [3.8, 4) is 0 Å². The number of hydrogen-bond donors (Lipinski definition) is 0. The smallest absolute Gasteiger partial charge is 0.162 e. The van der Waals surface area contributed by atoms with Gasteiger partial charge in [-0.25, -0.2) is 9.97 Å². The minimum Gasteiger partial charge on any atom is -0.294 e. The molecule has 0 saturated carbocycles. The number of carbonyl (C=O) groups excluding carboxylic acids is 1. The molecule has 0 spiro atoms. The topological polar surface area (TPSA) is 42.9 Å². The monoisotopic (exact) mass is 244 g/mol. The molecule has 4 heteroatoms. The lowest BCUT2D eigenvalue weighted by atomic mass is 10.2. The fourth-order valence-electron chi connectivity index (χ4n) is 0.606. The van der Waals surface area contributed by atoms with Crippen molar-refractivity contribution >= 4 is 21.7 Å². The number of Topliss-reactive ketones (excluding diaryl/α,β-unsaturated/α-hetero) is 1. The SMILES string of the molecule is CC.CC(=O)c1cnc(CBr)nc1. The summed E-state index contributed by atoms with van der Waals surface area (Å²) in [6.07, 6.45) is 3.07. The zero-order valence-corrected chi connectivity index (χ0v) is 9.63. The second kappa shape index (κ2) is 6.71. The van der Waals surface area contributed by atoms with E-state index in [0.717, 1.165) is 0 Å². The molecule has 1 heterocycles. The Labute approximate surface area is 86.7 Å². The van der Waals surface area contributed by atoms with Crippen LogP contribution in [0, 0.1) is 0 Å². The van der Waals surface area contributed by atoms with Crippen molar-refractivity contribution in [1.29, 1.82) is 0 Å². The van der Waals surface area contributed by atoms with Gasteiger partial charge in [0.15, 0.2) is 5.78 Å². The van der Waals surface area contributed by atoms with Crippen LogP contribution >= 0.6 is 15.9 Å². The molecule has 0 N–H and O–H groups in total. The lowest BCUT2D eigenvalue weighted by Gasteiger charge is -1.94. The second-order valence-corrected chi connectivity index (χ2v) is 2.64. The third-order valence-electron chi connectivity index (χ3n) is 1.23. The highest BCUT2D eigenvalue weighted by molar-refractivity contribution is 9.08. The van der Waals surface area contributed by atoms with Crippen LogP contribution in [-0.4, -0.2) is 15.8 Å². The van der Waals surface area contributed by atoms with Crippen LogP contribution in [0.5, 0.6) is 0 Å². The average Bonchev–Trinajstić information content (AvgIpc) is 2.21. The Bertz CT molecular complexity index is 259. The van der Waals surface area contributed by atoms with Gasteiger partial charge in [0.05, 0.1) is 10.9 Å². The number of halogens is 1. The number of rotatable bonds is 2. The summed E-state index contributed by atoms with van der Waals surface area (Å²) in [6, 6.07) is 0. The summed E-state index contributed by atoms with van der Waals surface area (Å²) in [6.45, 7) is 5.49. The Morgan fingerprint density at radius 3 is 2.15 bits per heavy atom. The van der Waals surface area contributed by atoms with E-state index >= 15 is 0 Å². The van der Waals surface area contributed by atoms with Crippen LogP contribution < -0.4 is 0 Å². The van der Waals surface area contributed by atoms with Gasteiger partial charge in [0.1, 0.15) is 5.82 Å². The van der Waals surface area contributed by atoms with Gasteiger partial charge in [-0.2, -0.15) is 0 Å². The van der Waals surface area contributed by atoms with Crippen LogP contribution in [0.4, 0.5) is 0 Å². The van der Waals surface area contributed by atoms with Crippen molar-refractivity contribution in [2.24, 2.45) is 0 Å². The van der Waals surface area contributed by atoms with E-state index in [1.54, 1.807) is 0 Å². The molecule has 1 aromatic heterocycles. The molecule has 0 fully saturated rings. The zero-order chi connectivity index (χ0) is 10.3. The molecule has 0 saturated heterocycles. The first kappa shape index (κ1) is 12.2. The summed E-state index contributed by atoms with van der Waals surface area (Å²) in [7, 11) is 0. The van der Waals surface area contributed by atoms with Crippen molar-refractivity contribution in [1.82, 2.24) is 9.97 Å². The van der Waals surface area contributed by atoms with Crippen LogP contribution in [0.15, 0.2) is 12.4 Å². The number of aromatic nitrogens is 2. The van der Waals surface area contributed by atoms with Crippen LogP contribution in [0.2, 0.25) is 0 Å². The third kappa shape index (κ3) is 4.12. The third-order valence-corrected chi connectivity index (χ3v) is 1.73. The van der Waals surface area contributed by atoms with Gasteiger partial charge in [0.2, 0.25) is 0 Å². The van der Waals surface area contributed by atoms with E-state index < -0.39 is 0 Å². The van der Waals surface area contributed by atoms with Gasteiger partial charge in [0.25, 0.3) is 0 Å². The summed E-state index contributed by atoms with van der Waals surface area (Å²) < 4.78 is 0. The summed E-state index contributed by atoms with van der Waals surface area (Å²) in [4.78, 5) is 18.6. The fraction of sp³-hybridized carbons (Fsp3) is 0.444. The van der Waals surface area contributed by atoms with E-state index in [1.165, 1.54) is 19.3 Å². The molecule has 13 heavy (non-hydrogen) atoms. The van der Waals surface area contributed by atoms with E-state index in [-0.39, 0.29) is 5.78 Å². The van der Waals surface area contributed by atoms with Gasteiger partial charge >= 0.3 is 0 Å². The summed E-state index contributed by atoms with van der Waals surface area (Å²) in [5, 5.41) is 0.616. The normalized spacial score (nSPS) is 8.62. The molecule has 0 unspecified atom stereocenters.